The maximum atomic E-state index is 12.0. The van der Waals surface area contributed by atoms with E-state index in [-0.39, 0.29) is 11.2 Å². The molecule has 0 unspecified atom stereocenters. The van der Waals surface area contributed by atoms with Crippen LogP contribution < -0.4 is 5.56 Å². The van der Waals surface area contributed by atoms with E-state index in [1.54, 1.807) is 48.6 Å². The summed E-state index contributed by atoms with van der Waals surface area (Å²) in [7, 11) is 0. The number of aromatic amines is 1. The van der Waals surface area contributed by atoms with Gasteiger partial charge >= 0.3 is 0 Å². The van der Waals surface area contributed by atoms with E-state index in [1.165, 1.54) is 12.1 Å². The Morgan fingerprint density at radius 1 is 1.16 bits per heavy atom. The average Bonchev–Trinajstić information content (AvgIpc) is 2.60. The van der Waals surface area contributed by atoms with Crippen LogP contribution in [0.5, 0.6) is 0 Å². The van der Waals surface area contributed by atoms with Gasteiger partial charge in [0.15, 0.2) is 0 Å². The summed E-state index contributed by atoms with van der Waals surface area (Å²) in [6, 6.07) is 13.1. The van der Waals surface area contributed by atoms with Crippen LogP contribution in [0, 0.1) is 10.1 Å². The topological polar surface area (TPSA) is 88.9 Å². The molecular formula is C18H12ClN3O3. The molecular weight excluding hydrogens is 342 g/mol. The molecule has 0 aliphatic heterocycles. The molecule has 0 atom stereocenters. The van der Waals surface area contributed by atoms with E-state index in [2.05, 4.69) is 9.97 Å². The summed E-state index contributed by atoms with van der Waals surface area (Å²) in [5.41, 5.74) is 1.11. The molecule has 0 aliphatic rings. The minimum atomic E-state index is -0.462. The van der Waals surface area contributed by atoms with Crippen molar-refractivity contribution in [2.75, 3.05) is 0 Å². The fourth-order valence-electron chi connectivity index (χ4n) is 2.24. The molecule has 0 fully saturated rings. The van der Waals surface area contributed by atoms with E-state index < -0.39 is 4.92 Å². The van der Waals surface area contributed by atoms with Gasteiger partial charge in [0.05, 0.1) is 15.8 Å². The first kappa shape index (κ1) is 16.6. The summed E-state index contributed by atoms with van der Waals surface area (Å²) in [5.74, 6) is 0.388. The number of non-ortho nitro benzene ring substituents is 1. The van der Waals surface area contributed by atoms with Gasteiger partial charge in [-0.2, -0.15) is 0 Å². The van der Waals surface area contributed by atoms with Gasteiger partial charge in [0.1, 0.15) is 5.82 Å². The van der Waals surface area contributed by atoms with Crippen LogP contribution in [0.3, 0.4) is 0 Å². The van der Waals surface area contributed by atoms with Crippen molar-refractivity contribution < 1.29 is 4.92 Å². The maximum absolute atomic E-state index is 12.0. The first-order valence-electron chi connectivity index (χ1n) is 7.32. The molecule has 3 rings (SSSR count). The highest BCUT2D eigenvalue weighted by atomic mass is 35.5. The van der Waals surface area contributed by atoms with Gasteiger partial charge in [-0.3, -0.25) is 14.9 Å². The number of rotatable bonds is 4. The van der Waals surface area contributed by atoms with Crippen molar-refractivity contribution in [2.45, 2.75) is 0 Å². The minimum Gasteiger partial charge on any atom is -0.306 e. The molecule has 1 aromatic heterocycles. The van der Waals surface area contributed by atoms with Gasteiger partial charge < -0.3 is 4.98 Å². The quantitative estimate of drug-likeness (QED) is 0.434. The van der Waals surface area contributed by atoms with Crippen LogP contribution in [0.4, 0.5) is 5.69 Å². The number of nitrogens with one attached hydrogen (secondary N) is 1. The molecule has 3 aromatic rings. The minimum absolute atomic E-state index is 0.0155. The molecule has 0 saturated heterocycles. The smallest absolute Gasteiger partial charge is 0.269 e. The Hall–Kier alpha value is -3.25. The third kappa shape index (κ3) is 3.99. The Morgan fingerprint density at radius 2 is 1.88 bits per heavy atom. The van der Waals surface area contributed by atoms with Gasteiger partial charge in [-0.25, -0.2) is 4.98 Å². The number of fused-ring (bicyclic) bond motifs is 1. The van der Waals surface area contributed by atoms with Gasteiger partial charge in [-0.15, -0.1) is 0 Å². The summed E-state index contributed by atoms with van der Waals surface area (Å²) in [6.07, 6.45) is 4.84. The molecule has 0 amide bonds. The highest BCUT2D eigenvalue weighted by molar-refractivity contribution is 6.33. The van der Waals surface area contributed by atoms with E-state index in [0.717, 1.165) is 5.56 Å². The number of nitro benzene ring substituents is 1. The average molecular weight is 354 g/mol. The monoisotopic (exact) mass is 353 g/mol. The van der Waals surface area contributed by atoms with Crippen LogP contribution in [0.15, 0.2) is 64.4 Å². The Bertz CT molecular complexity index is 1050. The normalized spacial score (nSPS) is 12.0. The van der Waals surface area contributed by atoms with Crippen molar-refractivity contribution >= 4 is 40.3 Å². The fraction of sp³-hybridized carbons (Fsp3) is 0. The van der Waals surface area contributed by atoms with Crippen LogP contribution in [0.1, 0.15) is 11.4 Å². The molecule has 7 heteroatoms. The molecule has 0 bridgehead atoms. The van der Waals surface area contributed by atoms with E-state index in [9.17, 15) is 14.9 Å². The number of halogens is 1. The summed E-state index contributed by atoms with van der Waals surface area (Å²) < 4.78 is 0. The van der Waals surface area contributed by atoms with Crippen molar-refractivity contribution in [1.29, 1.82) is 0 Å². The van der Waals surface area contributed by atoms with Crippen molar-refractivity contribution in [2.24, 2.45) is 0 Å². The third-order valence-electron chi connectivity index (χ3n) is 3.44. The maximum Gasteiger partial charge on any atom is 0.269 e. The number of allylic oxidation sites excluding steroid dienone is 2. The third-order valence-corrected chi connectivity index (χ3v) is 3.68. The Labute approximate surface area is 147 Å². The van der Waals surface area contributed by atoms with Crippen molar-refractivity contribution in [3.8, 4) is 0 Å². The second kappa shape index (κ2) is 7.11. The Morgan fingerprint density at radius 3 is 2.60 bits per heavy atom. The lowest BCUT2D eigenvalue weighted by Gasteiger charge is -1.98. The molecule has 6 nitrogen and oxygen atoms in total. The molecule has 25 heavy (non-hydrogen) atoms. The number of hydrogen-bond donors (Lipinski definition) is 1. The first-order valence-corrected chi connectivity index (χ1v) is 7.69. The standard InChI is InChI=1S/C18H12ClN3O3/c19-13(11-12-5-8-14(9-6-12)22(24)25)7-10-17-20-16-4-2-1-3-15(16)18(23)21-17/h1-11H,(H,20,21,23)/b10-7+,13-11-. The number of benzene rings is 2. The van der Waals surface area contributed by atoms with Gasteiger partial charge in [0, 0.05) is 17.2 Å². The molecule has 0 saturated carbocycles. The summed E-state index contributed by atoms with van der Waals surface area (Å²) in [5, 5.41) is 11.5. The number of aromatic nitrogens is 2. The SMILES string of the molecule is O=c1[nH]c(/C=C/C(Cl)=C/c2ccc([N+](=O)[O-])cc2)nc2ccccc12. The number of para-hydroxylation sites is 1. The molecule has 0 aliphatic carbocycles. The number of H-pyrrole nitrogens is 1. The van der Waals surface area contributed by atoms with Crippen LogP contribution in [0.2, 0.25) is 0 Å². The second-order valence-electron chi connectivity index (χ2n) is 5.18. The summed E-state index contributed by atoms with van der Waals surface area (Å²) in [4.78, 5) is 29.2. The van der Waals surface area contributed by atoms with Crippen LogP contribution in [-0.2, 0) is 0 Å². The largest absolute Gasteiger partial charge is 0.306 e. The lowest BCUT2D eigenvalue weighted by atomic mass is 10.2. The predicted octanol–water partition coefficient (Wildman–Crippen LogP) is 4.12. The number of nitrogens with zero attached hydrogens (tertiary/aromatic N) is 2. The molecule has 0 radical (unpaired) electrons. The highest BCUT2D eigenvalue weighted by Crippen LogP contribution is 2.17. The van der Waals surface area contributed by atoms with Gasteiger partial charge in [0.2, 0.25) is 0 Å². The number of nitro groups is 1. The molecule has 0 spiro atoms. The lowest BCUT2D eigenvalue weighted by Crippen LogP contribution is -2.09. The van der Waals surface area contributed by atoms with E-state index in [0.29, 0.717) is 21.8 Å². The van der Waals surface area contributed by atoms with Crippen LogP contribution in [0.25, 0.3) is 23.1 Å². The van der Waals surface area contributed by atoms with Crippen molar-refractivity contribution in [1.82, 2.24) is 9.97 Å². The zero-order valence-electron chi connectivity index (χ0n) is 12.8. The van der Waals surface area contributed by atoms with Crippen LogP contribution in [-0.4, -0.2) is 14.9 Å². The summed E-state index contributed by atoms with van der Waals surface area (Å²) >= 11 is 6.15. The molecule has 2 aromatic carbocycles. The predicted molar refractivity (Wildman–Crippen MR) is 98.3 cm³/mol. The van der Waals surface area contributed by atoms with Gasteiger partial charge in [0.25, 0.3) is 11.2 Å². The van der Waals surface area contributed by atoms with Gasteiger partial charge in [-0.1, -0.05) is 23.7 Å². The van der Waals surface area contributed by atoms with Crippen molar-refractivity contribution in [3.63, 3.8) is 0 Å². The summed E-state index contributed by atoms with van der Waals surface area (Å²) in [6.45, 7) is 0. The van der Waals surface area contributed by atoms with Crippen LogP contribution >= 0.6 is 11.6 Å². The van der Waals surface area contributed by atoms with E-state index in [1.807, 2.05) is 6.07 Å². The molecule has 124 valence electrons. The molecule has 1 N–H and O–H groups in total. The Kier molecular flexibility index (Phi) is 4.72. The van der Waals surface area contributed by atoms with Crippen molar-refractivity contribution in [3.05, 3.63) is 91.5 Å². The number of hydrogen-bond acceptors (Lipinski definition) is 4. The first-order chi connectivity index (χ1) is 12.0. The van der Waals surface area contributed by atoms with E-state index >= 15 is 0 Å². The molecule has 1 heterocycles. The lowest BCUT2D eigenvalue weighted by molar-refractivity contribution is -0.384. The second-order valence-corrected chi connectivity index (χ2v) is 5.62. The van der Waals surface area contributed by atoms with E-state index in [4.69, 9.17) is 11.6 Å². The zero-order valence-corrected chi connectivity index (χ0v) is 13.6. The zero-order chi connectivity index (χ0) is 17.8. The Balaban J connectivity index is 1.83. The van der Waals surface area contributed by atoms with Gasteiger partial charge in [-0.05, 0) is 48.1 Å². The fourth-order valence-corrected chi connectivity index (χ4v) is 2.43. The highest BCUT2D eigenvalue weighted by Gasteiger charge is 2.03.